The highest BCUT2D eigenvalue weighted by atomic mass is 16.5. The Morgan fingerprint density at radius 3 is 2.52 bits per heavy atom. The molecule has 0 saturated heterocycles. The van der Waals surface area contributed by atoms with Crippen LogP contribution in [0.3, 0.4) is 0 Å². The van der Waals surface area contributed by atoms with Gasteiger partial charge in [0.15, 0.2) is 0 Å². The molecular weight excluding hydrogens is 416 g/mol. The van der Waals surface area contributed by atoms with E-state index in [2.05, 4.69) is 12.1 Å². The van der Waals surface area contributed by atoms with Gasteiger partial charge in [0.25, 0.3) is 0 Å². The largest absolute Gasteiger partial charge is 0.489 e. The fourth-order valence-electron chi connectivity index (χ4n) is 5.00. The van der Waals surface area contributed by atoms with Crippen LogP contribution in [0.15, 0.2) is 60.7 Å². The average molecular weight is 453 g/mol. The van der Waals surface area contributed by atoms with E-state index >= 15 is 0 Å². The standard InChI is InChI=1S/C28H36O5/c1-27(2,17-29)16-18-9-8-12-21-25-20(22(30)15-23(25)32-26(18)21)13-14-24(31)28(3,4)33-19-10-6-5-7-11-19/h5-14,20,22-25,29-31H,15-17H2,1-4H3/t20?,22-,23+,24-,25+/m1/s1. The quantitative estimate of drug-likeness (QED) is 0.522. The van der Waals surface area contributed by atoms with E-state index in [-0.39, 0.29) is 30.0 Å². The molecule has 2 aliphatic rings. The summed E-state index contributed by atoms with van der Waals surface area (Å²) < 4.78 is 12.4. The van der Waals surface area contributed by atoms with Crippen LogP contribution in [-0.2, 0) is 6.42 Å². The first-order valence-corrected chi connectivity index (χ1v) is 11.8. The van der Waals surface area contributed by atoms with Crippen LogP contribution >= 0.6 is 0 Å². The third kappa shape index (κ3) is 4.96. The summed E-state index contributed by atoms with van der Waals surface area (Å²) in [5.41, 5.74) is 1.14. The highest BCUT2D eigenvalue weighted by Gasteiger charge is 2.49. The number of rotatable bonds is 8. The third-order valence-electron chi connectivity index (χ3n) is 6.94. The molecule has 178 valence electrons. The SMILES string of the molecule is CC(C)(CO)Cc1cccc2c1O[C@H]1C[C@@H](O)C(C=C[C@@H](O)C(C)(C)Oc3ccccc3)[C@@H]21. The van der Waals surface area contributed by atoms with Gasteiger partial charge < -0.3 is 24.8 Å². The Bertz CT molecular complexity index is 981. The number of benzene rings is 2. The summed E-state index contributed by atoms with van der Waals surface area (Å²) in [5.74, 6) is 1.48. The summed E-state index contributed by atoms with van der Waals surface area (Å²) in [4.78, 5) is 0. The lowest BCUT2D eigenvalue weighted by atomic mass is 9.83. The molecule has 1 unspecified atom stereocenters. The van der Waals surface area contributed by atoms with Gasteiger partial charge in [-0.2, -0.15) is 0 Å². The van der Waals surface area contributed by atoms with Gasteiger partial charge >= 0.3 is 0 Å². The van der Waals surface area contributed by atoms with Gasteiger partial charge in [-0.25, -0.2) is 0 Å². The van der Waals surface area contributed by atoms with E-state index in [9.17, 15) is 15.3 Å². The van der Waals surface area contributed by atoms with Gasteiger partial charge in [-0.15, -0.1) is 0 Å². The van der Waals surface area contributed by atoms with E-state index in [0.29, 0.717) is 12.2 Å². The molecule has 3 N–H and O–H groups in total. The van der Waals surface area contributed by atoms with Crippen LogP contribution in [0.5, 0.6) is 11.5 Å². The van der Waals surface area contributed by atoms with Crippen LogP contribution in [0.1, 0.15) is 51.2 Å². The number of hydrogen-bond donors (Lipinski definition) is 3. The molecule has 2 aromatic rings. The molecule has 0 bridgehead atoms. The fraction of sp³-hybridized carbons (Fsp3) is 0.500. The summed E-state index contributed by atoms with van der Waals surface area (Å²) in [7, 11) is 0. The molecule has 1 aliphatic heterocycles. The van der Waals surface area contributed by atoms with E-state index in [1.165, 1.54) is 0 Å². The molecule has 2 aromatic carbocycles. The van der Waals surface area contributed by atoms with Gasteiger partial charge in [-0.05, 0) is 43.4 Å². The summed E-state index contributed by atoms with van der Waals surface area (Å²) >= 11 is 0. The second kappa shape index (κ2) is 9.13. The lowest BCUT2D eigenvalue weighted by Crippen LogP contribution is -2.41. The van der Waals surface area contributed by atoms with Crippen LogP contribution in [-0.4, -0.2) is 45.8 Å². The van der Waals surface area contributed by atoms with Crippen molar-refractivity contribution in [2.24, 2.45) is 11.3 Å². The van der Waals surface area contributed by atoms with Crippen LogP contribution in [0, 0.1) is 11.3 Å². The Labute approximate surface area is 196 Å². The number of para-hydroxylation sites is 2. The number of aliphatic hydroxyl groups excluding tert-OH is 3. The van der Waals surface area contributed by atoms with E-state index < -0.39 is 17.8 Å². The first-order chi connectivity index (χ1) is 15.6. The monoisotopic (exact) mass is 452 g/mol. The molecular formula is C28H36O5. The van der Waals surface area contributed by atoms with Gasteiger partial charge in [-0.1, -0.05) is 62.4 Å². The van der Waals surface area contributed by atoms with Crippen molar-refractivity contribution in [1.82, 2.24) is 0 Å². The Kier molecular flexibility index (Phi) is 6.59. The molecule has 1 saturated carbocycles. The smallest absolute Gasteiger partial charge is 0.133 e. The van der Waals surface area contributed by atoms with Crippen molar-refractivity contribution < 1.29 is 24.8 Å². The normalized spacial score (nSPS) is 25.5. The van der Waals surface area contributed by atoms with Crippen LogP contribution in [0.25, 0.3) is 0 Å². The van der Waals surface area contributed by atoms with Crippen LogP contribution in [0.4, 0.5) is 0 Å². The lowest BCUT2D eigenvalue weighted by molar-refractivity contribution is -0.00221. The lowest BCUT2D eigenvalue weighted by Gasteiger charge is -2.30. The topological polar surface area (TPSA) is 79.2 Å². The van der Waals surface area contributed by atoms with Crippen molar-refractivity contribution in [1.29, 1.82) is 0 Å². The number of fused-ring (bicyclic) bond motifs is 3. The Morgan fingerprint density at radius 1 is 1.09 bits per heavy atom. The predicted octanol–water partition coefficient (Wildman–Crippen LogP) is 4.25. The summed E-state index contributed by atoms with van der Waals surface area (Å²) in [5, 5.41) is 31.4. The Morgan fingerprint density at radius 2 is 1.82 bits per heavy atom. The van der Waals surface area contributed by atoms with Crippen LogP contribution in [0.2, 0.25) is 0 Å². The van der Waals surface area contributed by atoms with Crippen molar-refractivity contribution in [2.45, 2.75) is 70.4 Å². The minimum Gasteiger partial charge on any atom is -0.489 e. The second-order valence-electron chi connectivity index (χ2n) is 10.7. The first kappa shape index (κ1) is 23.8. The van der Waals surface area contributed by atoms with Gasteiger partial charge in [0.05, 0.1) is 6.10 Å². The number of hydrogen-bond acceptors (Lipinski definition) is 5. The molecule has 5 heteroatoms. The average Bonchev–Trinajstić information content (AvgIpc) is 3.27. The Hall–Kier alpha value is -2.34. The molecule has 1 aliphatic carbocycles. The molecule has 0 radical (unpaired) electrons. The zero-order valence-corrected chi connectivity index (χ0v) is 19.9. The Balaban J connectivity index is 1.53. The van der Waals surface area contributed by atoms with Gasteiger partial charge in [0, 0.05) is 30.4 Å². The predicted molar refractivity (Wildman–Crippen MR) is 129 cm³/mol. The zero-order chi connectivity index (χ0) is 23.8. The maximum Gasteiger partial charge on any atom is 0.133 e. The molecule has 4 rings (SSSR count). The van der Waals surface area contributed by atoms with Gasteiger partial charge in [0.2, 0.25) is 0 Å². The van der Waals surface area contributed by atoms with Crippen molar-refractivity contribution >= 4 is 0 Å². The van der Waals surface area contributed by atoms with E-state index in [1.54, 1.807) is 6.08 Å². The van der Waals surface area contributed by atoms with E-state index in [1.807, 2.05) is 70.2 Å². The van der Waals surface area contributed by atoms with E-state index in [4.69, 9.17) is 9.47 Å². The van der Waals surface area contributed by atoms with Crippen molar-refractivity contribution in [3.63, 3.8) is 0 Å². The fourth-order valence-corrected chi connectivity index (χ4v) is 5.00. The third-order valence-corrected chi connectivity index (χ3v) is 6.94. The summed E-state index contributed by atoms with van der Waals surface area (Å²) in [6.07, 6.45) is 3.48. The second-order valence-corrected chi connectivity index (χ2v) is 10.7. The van der Waals surface area contributed by atoms with Gasteiger partial charge in [-0.3, -0.25) is 0 Å². The first-order valence-electron chi connectivity index (χ1n) is 11.8. The maximum absolute atomic E-state index is 10.9. The highest BCUT2D eigenvalue weighted by molar-refractivity contribution is 5.49. The molecule has 33 heavy (non-hydrogen) atoms. The van der Waals surface area contributed by atoms with Crippen molar-refractivity contribution in [3.8, 4) is 11.5 Å². The molecule has 0 spiro atoms. The number of aliphatic hydroxyl groups is 3. The van der Waals surface area contributed by atoms with Crippen LogP contribution < -0.4 is 9.47 Å². The van der Waals surface area contributed by atoms with Crippen molar-refractivity contribution in [3.05, 3.63) is 71.8 Å². The molecule has 0 aromatic heterocycles. The number of ether oxygens (including phenoxy) is 2. The zero-order valence-electron chi connectivity index (χ0n) is 19.9. The maximum atomic E-state index is 10.9. The van der Waals surface area contributed by atoms with Gasteiger partial charge in [0.1, 0.15) is 29.3 Å². The summed E-state index contributed by atoms with van der Waals surface area (Å²) in [6.45, 7) is 7.89. The summed E-state index contributed by atoms with van der Waals surface area (Å²) in [6, 6.07) is 15.6. The molecule has 0 amide bonds. The minimum atomic E-state index is -0.845. The van der Waals surface area contributed by atoms with E-state index in [0.717, 1.165) is 23.3 Å². The molecule has 1 fully saturated rings. The highest BCUT2D eigenvalue weighted by Crippen LogP contribution is 2.52. The molecule has 1 heterocycles. The molecule has 5 atom stereocenters. The minimum absolute atomic E-state index is 0.0359. The molecule has 5 nitrogen and oxygen atoms in total. The van der Waals surface area contributed by atoms with Crippen molar-refractivity contribution in [2.75, 3.05) is 6.61 Å².